The van der Waals surface area contributed by atoms with E-state index in [9.17, 15) is 4.79 Å². The molecule has 1 N–H and O–H groups in total. The maximum absolute atomic E-state index is 11.0. The van der Waals surface area contributed by atoms with Crippen LogP contribution in [0.2, 0.25) is 0 Å². The number of para-hydroxylation sites is 1. The van der Waals surface area contributed by atoms with Gasteiger partial charge < -0.3 is 19.3 Å². The van der Waals surface area contributed by atoms with Crippen molar-refractivity contribution in [1.82, 2.24) is 4.98 Å². The number of carbonyl (C=O) groups is 1. The minimum Gasteiger partial charge on any atom is -0.486 e. The minimum atomic E-state index is -0.461. The molecule has 0 radical (unpaired) electrons. The van der Waals surface area contributed by atoms with E-state index in [1.807, 2.05) is 42.5 Å². The Kier molecular flexibility index (Phi) is 3.85. The monoisotopic (exact) mass is 336 g/mol. The highest BCUT2D eigenvalue weighted by Crippen LogP contribution is 2.36. The topological polar surface area (TPSA) is 72.9 Å². The van der Waals surface area contributed by atoms with Crippen LogP contribution in [0.15, 0.2) is 47.6 Å². The summed E-state index contributed by atoms with van der Waals surface area (Å²) >= 11 is 0. The molecule has 1 aliphatic heterocycles. The number of rotatable bonds is 3. The van der Waals surface area contributed by atoms with Gasteiger partial charge in [0.25, 0.3) is 0 Å². The molecule has 25 heavy (non-hydrogen) atoms. The van der Waals surface area contributed by atoms with E-state index in [1.54, 1.807) is 6.21 Å². The van der Waals surface area contributed by atoms with Crippen molar-refractivity contribution >= 4 is 23.1 Å². The zero-order chi connectivity index (χ0) is 17.2. The Bertz CT molecular complexity index is 975. The van der Waals surface area contributed by atoms with Crippen molar-refractivity contribution in [3.63, 3.8) is 0 Å². The van der Waals surface area contributed by atoms with Gasteiger partial charge in [-0.25, -0.2) is 4.79 Å². The van der Waals surface area contributed by atoms with Gasteiger partial charge in [-0.1, -0.05) is 23.4 Å². The van der Waals surface area contributed by atoms with Crippen LogP contribution in [0.3, 0.4) is 0 Å². The van der Waals surface area contributed by atoms with Gasteiger partial charge in [0.2, 0.25) is 0 Å². The van der Waals surface area contributed by atoms with Crippen molar-refractivity contribution in [3.8, 4) is 22.8 Å². The summed E-state index contributed by atoms with van der Waals surface area (Å²) < 4.78 is 11.2. The lowest BCUT2D eigenvalue weighted by Crippen LogP contribution is -2.15. The van der Waals surface area contributed by atoms with Gasteiger partial charge in [-0.05, 0) is 24.3 Å². The third-order valence-electron chi connectivity index (χ3n) is 3.94. The molecule has 0 amide bonds. The fraction of sp³-hybridized carbons (Fsp3) is 0.158. The average Bonchev–Trinajstić information content (AvgIpc) is 3.00. The van der Waals surface area contributed by atoms with E-state index < -0.39 is 5.97 Å². The lowest BCUT2D eigenvalue weighted by molar-refractivity contribution is -0.140. The summed E-state index contributed by atoms with van der Waals surface area (Å²) in [5, 5.41) is 4.78. The molecule has 1 aliphatic rings. The standard InChI is InChI=1S/C19H16N2O4/c1-12(22)25-20-11-15-14-4-2-3-5-16(14)21-19(15)13-6-7-17-18(10-13)24-9-8-23-17/h2-7,10-11,21H,8-9H2,1H3. The van der Waals surface area contributed by atoms with Crippen molar-refractivity contribution in [2.45, 2.75) is 6.92 Å². The second kappa shape index (κ2) is 6.32. The predicted molar refractivity (Wildman–Crippen MR) is 94.1 cm³/mol. The van der Waals surface area contributed by atoms with E-state index in [1.165, 1.54) is 6.92 Å². The quantitative estimate of drug-likeness (QED) is 0.451. The first-order chi connectivity index (χ1) is 12.2. The van der Waals surface area contributed by atoms with Gasteiger partial charge in [0.05, 0.1) is 11.9 Å². The summed E-state index contributed by atoms with van der Waals surface area (Å²) in [7, 11) is 0. The minimum absolute atomic E-state index is 0.461. The molecule has 2 aromatic carbocycles. The van der Waals surface area contributed by atoms with Crippen LogP contribution in [-0.2, 0) is 9.63 Å². The van der Waals surface area contributed by atoms with E-state index in [2.05, 4.69) is 10.1 Å². The number of oxime groups is 1. The zero-order valence-electron chi connectivity index (χ0n) is 13.6. The third-order valence-corrected chi connectivity index (χ3v) is 3.94. The van der Waals surface area contributed by atoms with E-state index in [0.29, 0.717) is 19.0 Å². The summed E-state index contributed by atoms with van der Waals surface area (Å²) in [4.78, 5) is 19.1. The van der Waals surface area contributed by atoms with Crippen LogP contribution >= 0.6 is 0 Å². The second-order valence-corrected chi connectivity index (χ2v) is 5.64. The highest BCUT2D eigenvalue weighted by Gasteiger charge is 2.16. The number of benzene rings is 2. The molecule has 0 saturated carbocycles. The lowest BCUT2D eigenvalue weighted by atomic mass is 10.1. The summed E-state index contributed by atoms with van der Waals surface area (Å²) in [5.74, 6) is 0.989. The van der Waals surface area contributed by atoms with Gasteiger partial charge >= 0.3 is 5.97 Å². The molecule has 0 unspecified atom stereocenters. The molecule has 1 aromatic heterocycles. The number of hydrogen-bond acceptors (Lipinski definition) is 5. The molecule has 0 atom stereocenters. The highest BCUT2D eigenvalue weighted by atomic mass is 16.7. The Balaban J connectivity index is 1.83. The van der Waals surface area contributed by atoms with Gasteiger partial charge in [-0.2, -0.15) is 0 Å². The molecule has 4 rings (SSSR count). The van der Waals surface area contributed by atoms with Crippen LogP contribution in [-0.4, -0.2) is 30.4 Å². The summed E-state index contributed by atoms with van der Waals surface area (Å²) in [6.07, 6.45) is 1.55. The number of nitrogens with zero attached hydrogens (tertiary/aromatic N) is 1. The Morgan fingerprint density at radius 1 is 1.16 bits per heavy atom. The molecule has 6 heteroatoms. The first-order valence-electron chi connectivity index (χ1n) is 7.94. The molecule has 2 heterocycles. The highest BCUT2D eigenvalue weighted by molar-refractivity contribution is 6.06. The van der Waals surface area contributed by atoms with Crippen molar-refractivity contribution in [1.29, 1.82) is 0 Å². The van der Waals surface area contributed by atoms with Gasteiger partial charge in [0.1, 0.15) is 13.2 Å². The Morgan fingerprint density at radius 2 is 1.96 bits per heavy atom. The van der Waals surface area contributed by atoms with Crippen molar-refractivity contribution in [3.05, 3.63) is 48.0 Å². The summed E-state index contributed by atoms with van der Waals surface area (Å²) in [6, 6.07) is 13.7. The number of ether oxygens (including phenoxy) is 2. The molecule has 126 valence electrons. The zero-order valence-corrected chi connectivity index (χ0v) is 13.6. The Hall–Kier alpha value is -3.28. The smallest absolute Gasteiger partial charge is 0.331 e. The van der Waals surface area contributed by atoms with Crippen LogP contribution in [0.25, 0.3) is 22.2 Å². The van der Waals surface area contributed by atoms with E-state index in [0.717, 1.165) is 33.5 Å². The van der Waals surface area contributed by atoms with E-state index >= 15 is 0 Å². The van der Waals surface area contributed by atoms with Crippen molar-refractivity contribution in [2.24, 2.45) is 5.16 Å². The average molecular weight is 336 g/mol. The third kappa shape index (κ3) is 2.94. The molecular formula is C19H16N2O4. The number of carbonyl (C=O) groups excluding carboxylic acids is 1. The summed E-state index contributed by atoms with van der Waals surface area (Å²) in [6.45, 7) is 2.40. The van der Waals surface area contributed by atoms with E-state index in [4.69, 9.17) is 14.3 Å². The van der Waals surface area contributed by atoms with Crippen LogP contribution in [0.5, 0.6) is 11.5 Å². The van der Waals surface area contributed by atoms with Crippen LogP contribution < -0.4 is 9.47 Å². The molecular weight excluding hydrogens is 320 g/mol. The largest absolute Gasteiger partial charge is 0.486 e. The van der Waals surface area contributed by atoms with Gasteiger partial charge in [0, 0.05) is 29.0 Å². The Labute approximate surface area is 144 Å². The fourth-order valence-corrected chi connectivity index (χ4v) is 2.88. The molecule has 0 fully saturated rings. The first-order valence-corrected chi connectivity index (χ1v) is 7.94. The van der Waals surface area contributed by atoms with Crippen LogP contribution in [0.4, 0.5) is 0 Å². The second-order valence-electron chi connectivity index (χ2n) is 5.64. The van der Waals surface area contributed by atoms with Gasteiger partial charge in [-0.3, -0.25) is 0 Å². The fourth-order valence-electron chi connectivity index (χ4n) is 2.88. The molecule has 6 nitrogen and oxygen atoms in total. The van der Waals surface area contributed by atoms with Crippen molar-refractivity contribution in [2.75, 3.05) is 13.2 Å². The first kappa shape index (κ1) is 15.3. The maximum Gasteiger partial charge on any atom is 0.331 e. The molecule has 0 spiro atoms. The number of nitrogens with one attached hydrogen (secondary N) is 1. The Morgan fingerprint density at radius 3 is 2.80 bits per heavy atom. The molecule has 0 bridgehead atoms. The normalized spacial score (nSPS) is 13.3. The lowest BCUT2D eigenvalue weighted by Gasteiger charge is -2.18. The van der Waals surface area contributed by atoms with Gasteiger partial charge in [-0.15, -0.1) is 0 Å². The SMILES string of the molecule is CC(=O)ON=Cc1c(-c2ccc3c(c2)OCCO3)[nH]c2ccccc12. The number of aromatic amines is 1. The van der Waals surface area contributed by atoms with Crippen LogP contribution in [0, 0.1) is 0 Å². The van der Waals surface area contributed by atoms with Crippen molar-refractivity contribution < 1.29 is 19.1 Å². The number of fused-ring (bicyclic) bond motifs is 2. The van der Waals surface area contributed by atoms with Gasteiger partial charge in [0.15, 0.2) is 11.5 Å². The summed E-state index contributed by atoms with van der Waals surface area (Å²) in [5.41, 5.74) is 3.61. The molecule has 0 aliphatic carbocycles. The molecule has 0 saturated heterocycles. The number of hydrogen-bond donors (Lipinski definition) is 1. The predicted octanol–water partition coefficient (Wildman–Crippen LogP) is 3.50. The number of aromatic nitrogens is 1. The maximum atomic E-state index is 11.0. The number of H-pyrrole nitrogens is 1. The van der Waals surface area contributed by atoms with Crippen LogP contribution in [0.1, 0.15) is 12.5 Å². The molecule has 3 aromatic rings. The van der Waals surface area contributed by atoms with E-state index in [-0.39, 0.29) is 0 Å².